The van der Waals surface area contributed by atoms with E-state index in [9.17, 15) is 14.0 Å². The predicted molar refractivity (Wildman–Crippen MR) is 113 cm³/mol. The monoisotopic (exact) mass is 436 g/mol. The maximum Gasteiger partial charge on any atom is 0.408 e. The van der Waals surface area contributed by atoms with Crippen LogP contribution in [0.25, 0.3) is 0 Å². The van der Waals surface area contributed by atoms with Crippen LogP contribution < -0.4 is 10.2 Å². The number of hydrogen-bond acceptors (Lipinski definition) is 4. The molecule has 0 saturated carbocycles. The number of ether oxygens (including phenoxy) is 1. The molecule has 0 aliphatic carbocycles. The first-order chi connectivity index (χ1) is 13.6. The van der Waals surface area contributed by atoms with Crippen molar-refractivity contribution >= 4 is 41.1 Å². The van der Waals surface area contributed by atoms with Crippen LogP contribution in [0.15, 0.2) is 47.4 Å². The third-order valence-corrected chi connectivity index (χ3v) is 5.52. The van der Waals surface area contributed by atoms with Crippen molar-refractivity contribution in [2.45, 2.75) is 43.9 Å². The van der Waals surface area contributed by atoms with Crippen molar-refractivity contribution in [1.29, 1.82) is 0 Å². The average Bonchev–Trinajstić information content (AvgIpc) is 2.74. The first kappa shape index (κ1) is 21.5. The van der Waals surface area contributed by atoms with E-state index < -0.39 is 17.7 Å². The third-order valence-electron chi connectivity index (χ3n) is 4.13. The van der Waals surface area contributed by atoms with Gasteiger partial charge in [-0.3, -0.25) is 4.79 Å². The fourth-order valence-electron chi connectivity index (χ4n) is 2.87. The molecule has 1 aliphatic rings. The van der Waals surface area contributed by atoms with E-state index in [4.69, 9.17) is 16.3 Å². The molecule has 0 spiro atoms. The minimum absolute atomic E-state index is 0.266. The normalized spacial score (nSPS) is 16.8. The fraction of sp³-hybridized carbons (Fsp3) is 0.333. The SMILES string of the molecule is CC(C)(C)OC(=O)N[C@H]1CSc2cc(F)ccc2N(Cc2ccc(Cl)cc2)C1=O. The van der Waals surface area contributed by atoms with E-state index in [2.05, 4.69) is 5.32 Å². The van der Waals surface area contributed by atoms with Gasteiger partial charge in [-0.05, 0) is 56.7 Å². The van der Waals surface area contributed by atoms with Crippen LogP contribution in [0.4, 0.5) is 14.9 Å². The van der Waals surface area contributed by atoms with Gasteiger partial charge in [-0.1, -0.05) is 23.7 Å². The lowest BCUT2D eigenvalue weighted by Gasteiger charge is -2.27. The zero-order valence-corrected chi connectivity index (χ0v) is 17.9. The van der Waals surface area contributed by atoms with Gasteiger partial charge in [0.1, 0.15) is 17.5 Å². The van der Waals surface area contributed by atoms with Crippen molar-refractivity contribution in [3.05, 3.63) is 58.9 Å². The number of carbonyl (C=O) groups is 2. The van der Waals surface area contributed by atoms with Crippen molar-refractivity contribution in [2.75, 3.05) is 10.7 Å². The first-order valence-corrected chi connectivity index (χ1v) is 10.5. The lowest BCUT2D eigenvalue weighted by atomic mass is 10.1. The van der Waals surface area contributed by atoms with Crippen LogP contribution in [-0.4, -0.2) is 29.4 Å². The zero-order valence-electron chi connectivity index (χ0n) is 16.4. The lowest BCUT2D eigenvalue weighted by Crippen LogP contribution is -2.50. The van der Waals surface area contributed by atoms with E-state index in [1.54, 1.807) is 43.9 Å². The molecule has 0 saturated heterocycles. The van der Waals surface area contributed by atoms with E-state index in [-0.39, 0.29) is 24.0 Å². The van der Waals surface area contributed by atoms with Gasteiger partial charge in [-0.2, -0.15) is 0 Å². The number of nitrogens with zero attached hydrogens (tertiary/aromatic N) is 1. The number of halogens is 2. The summed E-state index contributed by atoms with van der Waals surface area (Å²) in [6.45, 7) is 5.52. The highest BCUT2D eigenvalue weighted by Crippen LogP contribution is 2.36. The molecular weight excluding hydrogens is 415 g/mol. The van der Waals surface area contributed by atoms with Crippen LogP contribution in [-0.2, 0) is 16.1 Å². The van der Waals surface area contributed by atoms with Crippen molar-refractivity contribution < 1.29 is 18.7 Å². The van der Waals surface area contributed by atoms with Gasteiger partial charge in [0.2, 0.25) is 0 Å². The standard InChI is InChI=1S/C21H22ClFN2O3S/c1-21(2,3)28-20(27)24-16-12-29-18-10-15(23)8-9-17(18)25(19(16)26)11-13-4-6-14(22)7-5-13/h4-10,16H,11-12H2,1-3H3,(H,24,27)/t16-/m0/s1. The van der Waals surface area contributed by atoms with Gasteiger partial charge >= 0.3 is 6.09 Å². The van der Waals surface area contributed by atoms with Gasteiger partial charge in [-0.25, -0.2) is 9.18 Å². The summed E-state index contributed by atoms with van der Waals surface area (Å²) in [5, 5.41) is 3.25. The van der Waals surface area contributed by atoms with E-state index in [0.29, 0.717) is 15.6 Å². The Morgan fingerprint density at radius 1 is 1.28 bits per heavy atom. The summed E-state index contributed by atoms with van der Waals surface area (Å²) in [5.41, 5.74) is 0.783. The van der Waals surface area contributed by atoms with E-state index in [1.807, 2.05) is 12.1 Å². The third kappa shape index (κ3) is 5.64. The number of carbonyl (C=O) groups excluding carboxylic acids is 2. The van der Waals surface area contributed by atoms with Crippen molar-refractivity contribution in [3.8, 4) is 0 Å². The molecule has 0 unspecified atom stereocenters. The predicted octanol–water partition coefficient (Wildman–Crippen LogP) is 5.01. The number of anilines is 1. The molecule has 0 fully saturated rings. The van der Waals surface area contributed by atoms with E-state index in [1.165, 1.54) is 23.9 Å². The summed E-state index contributed by atoms with van der Waals surface area (Å²) >= 11 is 7.27. The van der Waals surface area contributed by atoms with Crippen LogP contribution in [0.5, 0.6) is 0 Å². The molecule has 1 atom stereocenters. The molecule has 0 bridgehead atoms. The topological polar surface area (TPSA) is 58.6 Å². The molecule has 3 rings (SSSR count). The van der Waals surface area contributed by atoms with E-state index >= 15 is 0 Å². The fourth-order valence-corrected chi connectivity index (χ4v) is 4.09. The molecule has 1 N–H and O–H groups in total. The van der Waals surface area contributed by atoms with Crippen molar-refractivity contribution in [1.82, 2.24) is 5.32 Å². The Morgan fingerprint density at radius 2 is 1.97 bits per heavy atom. The number of fused-ring (bicyclic) bond motifs is 1. The highest BCUT2D eigenvalue weighted by atomic mass is 35.5. The van der Waals surface area contributed by atoms with Gasteiger partial charge < -0.3 is 15.0 Å². The largest absolute Gasteiger partial charge is 0.444 e. The zero-order chi connectivity index (χ0) is 21.2. The average molecular weight is 437 g/mol. The minimum atomic E-state index is -0.808. The molecule has 0 radical (unpaired) electrons. The quantitative estimate of drug-likeness (QED) is 0.734. The number of rotatable bonds is 3. The molecule has 5 nitrogen and oxygen atoms in total. The van der Waals surface area contributed by atoms with Crippen LogP contribution in [0.2, 0.25) is 5.02 Å². The number of benzene rings is 2. The lowest BCUT2D eigenvalue weighted by molar-refractivity contribution is -0.120. The van der Waals surface area contributed by atoms with Crippen LogP contribution in [0.1, 0.15) is 26.3 Å². The van der Waals surface area contributed by atoms with Gasteiger partial charge in [-0.15, -0.1) is 11.8 Å². The molecule has 2 aromatic carbocycles. The molecule has 8 heteroatoms. The minimum Gasteiger partial charge on any atom is -0.444 e. The molecule has 1 heterocycles. The molecule has 154 valence electrons. The molecule has 2 aromatic rings. The molecule has 0 aromatic heterocycles. The van der Waals surface area contributed by atoms with Crippen LogP contribution in [0, 0.1) is 5.82 Å². The number of hydrogen-bond donors (Lipinski definition) is 1. The Morgan fingerprint density at radius 3 is 2.62 bits per heavy atom. The highest BCUT2D eigenvalue weighted by Gasteiger charge is 2.33. The second-order valence-electron chi connectivity index (χ2n) is 7.67. The van der Waals surface area contributed by atoms with Crippen LogP contribution in [0.3, 0.4) is 0 Å². The first-order valence-electron chi connectivity index (χ1n) is 9.10. The number of amides is 2. The summed E-state index contributed by atoms with van der Waals surface area (Å²) in [6, 6.07) is 10.6. The number of alkyl carbamates (subject to hydrolysis) is 1. The smallest absolute Gasteiger partial charge is 0.408 e. The Balaban J connectivity index is 1.89. The summed E-state index contributed by atoms with van der Waals surface area (Å²) in [4.78, 5) is 27.7. The summed E-state index contributed by atoms with van der Waals surface area (Å²) in [5.74, 6) is -0.400. The van der Waals surface area contributed by atoms with Gasteiger partial charge in [0.15, 0.2) is 0 Å². The maximum absolute atomic E-state index is 13.8. The molecule has 29 heavy (non-hydrogen) atoms. The Labute approximate surface area is 178 Å². The van der Waals surface area contributed by atoms with Crippen LogP contribution >= 0.6 is 23.4 Å². The van der Waals surface area contributed by atoms with Crippen molar-refractivity contribution in [3.63, 3.8) is 0 Å². The van der Waals surface area contributed by atoms with Gasteiger partial charge in [0, 0.05) is 15.7 Å². The Hall–Kier alpha value is -2.25. The Bertz CT molecular complexity index is 915. The summed E-state index contributed by atoms with van der Waals surface area (Å²) in [7, 11) is 0. The number of nitrogens with one attached hydrogen (secondary N) is 1. The highest BCUT2D eigenvalue weighted by molar-refractivity contribution is 7.99. The number of thioether (sulfide) groups is 1. The molecule has 2 amide bonds. The summed E-state index contributed by atoms with van der Waals surface area (Å²) < 4.78 is 19.1. The second-order valence-corrected chi connectivity index (χ2v) is 9.17. The van der Waals surface area contributed by atoms with Gasteiger partial charge in [0.25, 0.3) is 5.91 Å². The van der Waals surface area contributed by atoms with Gasteiger partial charge in [0.05, 0.1) is 12.2 Å². The molecular formula is C21H22ClFN2O3S. The van der Waals surface area contributed by atoms with Crippen molar-refractivity contribution in [2.24, 2.45) is 0 Å². The summed E-state index contributed by atoms with van der Waals surface area (Å²) in [6.07, 6.45) is -0.667. The molecule has 1 aliphatic heterocycles. The van der Waals surface area contributed by atoms with E-state index in [0.717, 1.165) is 5.56 Å². The maximum atomic E-state index is 13.8. The second kappa shape index (κ2) is 8.63. The Kier molecular flexibility index (Phi) is 6.39.